The highest BCUT2D eigenvalue weighted by Crippen LogP contribution is 2.17. The molecule has 0 unspecified atom stereocenters. The van der Waals surface area contributed by atoms with Crippen molar-refractivity contribution in [2.24, 2.45) is 0 Å². The van der Waals surface area contributed by atoms with E-state index < -0.39 is 12.6 Å². The molecule has 0 bridgehead atoms. The van der Waals surface area contributed by atoms with E-state index in [0.29, 0.717) is 22.7 Å². The van der Waals surface area contributed by atoms with Gasteiger partial charge in [-0.25, -0.2) is 14.3 Å². The van der Waals surface area contributed by atoms with E-state index in [1.807, 2.05) is 26.0 Å². The second-order valence-corrected chi connectivity index (χ2v) is 6.25. The van der Waals surface area contributed by atoms with Gasteiger partial charge in [-0.05, 0) is 44.5 Å². The molecule has 0 saturated carbocycles. The van der Waals surface area contributed by atoms with Crippen LogP contribution in [0.25, 0.3) is 5.65 Å². The maximum Gasteiger partial charge on any atom is 0.341 e. The largest absolute Gasteiger partial charge is 0.482 e. The van der Waals surface area contributed by atoms with Gasteiger partial charge in [0.1, 0.15) is 11.3 Å². The number of carboxylic acid groups (broad SMARTS) is 1. The summed E-state index contributed by atoms with van der Waals surface area (Å²) in [6.07, 6.45) is 0. The predicted molar refractivity (Wildman–Crippen MR) is 97.9 cm³/mol. The van der Waals surface area contributed by atoms with Crippen LogP contribution in [0.15, 0.2) is 30.3 Å². The summed E-state index contributed by atoms with van der Waals surface area (Å²) in [6, 6.07) is 8.83. The molecule has 0 aliphatic carbocycles. The summed E-state index contributed by atoms with van der Waals surface area (Å²) in [4.78, 5) is 27.8. The molecule has 0 aliphatic rings. The number of ether oxygens (including phenoxy) is 1. The lowest BCUT2D eigenvalue weighted by atomic mass is 10.2. The zero-order chi connectivity index (χ0) is 19.6. The van der Waals surface area contributed by atoms with Crippen molar-refractivity contribution in [3.05, 3.63) is 58.5 Å². The van der Waals surface area contributed by atoms with Gasteiger partial charge >= 0.3 is 5.97 Å². The molecule has 0 saturated heterocycles. The number of carbonyl (C=O) groups excluding carboxylic acids is 1. The number of carboxylic acids is 1. The molecule has 3 aromatic rings. The SMILES string of the molecule is Cc1cc(C)n2nc(C)c(C(=O)NCc3cccc(OCC(=O)O)c3)c2n1. The normalized spacial score (nSPS) is 10.8. The summed E-state index contributed by atoms with van der Waals surface area (Å²) < 4.78 is 6.82. The van der Waals surface area contributed by atoms with Crippen LogP contribution in [0.5, 0.6) is 5.75 Å². The number of amides is 1. The standard InChI is InChI=1S/C19H20N4O4/c1-11-7-12(2)23-18(21-11)17(13(3)22-23)19(26)20-9-14-5-4-6-15(8-14)27-10-16(24)25/h4-8H,9-10H2,1-3H3,(H,20,26)(H,24,25). The molecular weight excluding hydrogens is 348 g/mol. The quantitative estimate of drug-likeness (QED) is 0.690. The van der Waals surface area contributed by atoms with E-state index in [1.54, 1.807) is 29.6 Å². The van der Waals surface area contributed by atoms with Gasteiger partial charge in [-0.15, -0.1) is 0 Å². The molecule has 0 spiro atoms. The molecule has 0 atom stereocenters. The summed E-state index contributed by atoms with van der Waals surface area (Å²) in [5.74, 6) is -0.878. The fourth-order valence-electron chi connectivity index (χ4n) is 2.85. The number of benzene rings is 1. The second kappa shape index (κ2) is 7.45. The van der Waals surface area contributed by atoms with Crippen LogP contribution in [-0.2, 0) is 11.3 Å². The smallest absolute Gasteiger partial charge is 0.341 e. The Morgan fingerprint density at radius 2 is 2.00 bits per heavy atom. The zero-order valence-electron chi connectivity index (χ0n) is 15.3. The fraction of sp³-hybridized carbons (Fsp3) is 0.263. The average molecular weight is 368 g/mol. The van der Waals surface area contributed by atoms with Gasteiger partial charge in [-0.3, -0.25) is 4.79 Å². The van der Waals surface area contributed by atoms with Gasteiger partial charge in [0.25, 0.3) is 5.91 Å². The monoisotopic (exact) mass is 368 g/mol. The molecule has 0 radical (unpaired) electrons. The van der Waals surface area contributed by atoms with Crippen LogP contribution in [-0.4, -0.2) is 38.2 Å². The number of fused-ring (bicyclic) bond motifs is 1. The first-order valence-electron chi connectivity index (χ1n) is 8.40. The Hall–Kier alpha value is -3.42. The average Bonchev–Trinajstić information content (AvgIpc) is 2.94. The number of nitrogens with zero attached hydrogens (tertiary/aromatic N) is 3. The Morgan fingerprint density at radius 3 is 2.74 bits per heavy atom. The zero-order valence-corrected chi connectivity index (χ0v) is 15.3. The number of rotatable bonds is 6. The van der Waals surface area contributed by atoms with Crippen LogP contribution >= 0.6 is 0 Å². The van der Waals surface area contributed by atoms with Crippen LogP contribution < -0.4 is 10.1 Å². The van der Waals surface area contributed by atoms with Crippen LogP contribution in [0, 0.1) is 20.8 Å². The van der Waals surface area contributed by atoms with Gasteiger partial charge in [0.05, 0.1) is 5.69 Å². The minimum absolute atomic E-state index is 0.267. The van der Waals surface area contributed by atoms with E-state index in [9.17, 15) is 9.59 Å². The maximum atomic E-state index is 12.7. The van der Waals surface area contributed by atoms with Gasteiger partial charge in [-0.2, -0.15) is 5.10 Å². The van der Waals surface area contributed by atoms with E-state index in [4.69, 9.17) is 9.84 Å². The third-order valence-electron chi connectivity index (χ3n) is 4.01. The number of hydrogen-bond donors (Lipinski definition) is 2. The molecule has 0 aliphatic heterocycles. The third-order valence-corrected chi connectivity index (χ3v) is 4.01. The summed E-state index contributed by atoms with van der Waals surface area (Å²) in [5, 5.41) is 15.9. The number of nitrogens with one attached hydrogen (secondary N) is 1. The van der Waals surface area contributed by atoms with Crippen molar-refractivity contribution in [1.82, 2.24) is 19.9 Å². The van der Waals surface area contributed by atoms with Crippen molar-refractivity contribution >= 4 is 17.5 Å². The molecule has 0 fully saturated rings. The highest BCUT2D eigenvalue weighted by molar-refractivity contribution is 6.01. The minimum atomic E-state index is -1.05. The molecule has 1 amide bonds. The third kappa shape index (κ3) is 4.05. The van der Waals surface area contributed by atoms with Gasteiger partial charge in [0.2, 0.25) is 0 Å². The van der Waals surface area contributed by atoms with Crippen molar-refractivity contribution in [2.45, 2.75) is 27.3 Å². The number of aryl methyl sites for hydroxylation is 3. The number of carbonyl (C=O) groups is 2. The Labute approximate surface area is 155 Å². The van der Waals surface area contributed by atoms with Crippen molar-refractivity contribution < 1.29 is 19.4 Å². The molecule has 140 valence electrons. The van der Waals surface area contributed by atoms with Gasteiger partial charge in [0.15, 0.2) is 12.3 Å². The lowest BCUT2D eigenvalue weighted by Gasteiger charge is -2.08. The summed E-state index contributed by atoms with van der Waals surface area (Å²) in [7, 11) is 0. The van der Waals surface area contributed by atoms with Gasteiger partial charge in [0, 0.05) is 17.9 Å². The second-order valence-electron chi connectivity index (χ2n) is 6.25. The molecule has 8 nitrogen and oxygen atoms in total. The van der Waals surface area contributed by atoms with E-state index in [2.05, 4.69) is 15.4 Å². The maximum absolute atomic E-state index is 12.7. The lowest BCUT2D eigenvalue weighted by molar-refractivity contribution is -0.139. The number of aliphatic carboxylic acids is 1. The van der Waals surface area contributed by atoms with Gasteiger partial charge < -0.3 is 15.2 Å². The molecule has 1 aromatic carbocycles. The topological polar surface area (TPSA) is 106 Å². The van der Waals surface area contributed by atoms with E-state index in [1.165, 1.54) is 0 Å². The van der Waals surface area contributed by atoms with Crippen LogP contribution in [0.1, 0.15) is 33.0 Å². The van der Waals surface area contributed by atoms with E-state index in [0.717, 1.165) is 17.0 Å². The lowest BCUT2D eigenvalue weighted by Crippen LogP contribution is -2.23. The summed E-state index contributed by atoms with van der Waals surface area (Å²) >= 11 is 0. The highest BCUT2D eigenvalue weighted by atomic mass is 16.5. The van der Waals surface area contributed by atoms with Crippen molar-refractivity contribution in [3.8, 4) is 5.75 Å². The first-order chi connectivity index (χ1) is 12.8. The molecule has 8 heteroatoms. The molecule has 2 N–H and O–H groups in total. The number of aromatic nitrogens is 3. The van der Waals surface area contributed by atoms with Crippen molar-refractivity contribution in [3.63, 3.8) is 0 Å². The minimum Gasteiger partial charge on any atom is -0.482 e. The summed E-state index contributed by atoms with van der Waals surface area (Å²) in [6.45, 7) is 5.42. The predicted octanol–water partition coefficient (Wildman–Crippen LogP) is 2.05. The molecule has 2 aromatic heterocycles. The Morgan fingerprint density at radius 1 is 1.22 bits per heavy atom. The molecule has 3 rings (SSSR count). The molecular formula is C19H20N4O4. The highest BCUT2D eigenvalue weighted by Gasteiger charge is 2.19. The van der Waals surface area contributed by atoms with Crippen molar-refractivity contribution in [2.75, 3.05) is 6.61 Å². The summed E-state index contributed by atoms with van der Waals surface area (Å²) in [5.41, 5.74) is 4.09. The van der Waals surface area contributed by atoms with Crippen LogP contribution in [0.2, 0.25) is 0 Å². The van der Waals surface area contributed by atoms with E-state index >= 15 is 0 Å². The van der Waals surface area contributed by atoms with Crippen LogP contribution in [0.4, 0.5) is 0 Å². The Bertz CT molecular complexity index is 1030. The number of hydrogen-bond acceptors (Lipinski definition) is 5. The Kier molecular flexibility index (Phi) is 5.07. The van der Waals surface area contributed by atoms with E-state index in [-0.39, 0.29) is 12.5 Å². The molecule has 2 heterocycles. The Balaban J connectivity index is 1.77. The van der Waals surface area contributed by atoms with Crippen molar-refractivity contribution in [1.29, 1.82) is 0 Å². The first-order valence-corrected chi connectivity index (χ1v) is 8.40. The van der Waals surface area contributed by atoms with Crippen LogP contribution in [0.3, 0.4) is 0 Å². The van der Waals surface area contributed by atoms with Gasteiger partial charge in [-0.1, -0.05) is 12.1 Å². The fourth-order valence-corrected chi connectivity index (χ4v) is 2.85. The first kappa shape index (κ1) is 18.4. The molecule has 27 heavy (non-hydrogen) atoms.